The van der Waals surface area contributed by atoms with Crippen molar-refractivity contribution < 1.29 is 19.2 Å². The van der Waals surface area contributed by atoms with E-state index >= 15 is 0 Å². The quantitative estimate of drug-likeness (QED) is 0.318. The molecule has 0 bridgehead atoms. The number of anilines is 1. The number of ether oxygens (including phenoxy) is 1. The van der Waals surface area contributed by atoms with Gasteiger partial charge < -0.3 is 15.8 Å². The van der Waals surface area contributed by atoms with Crippen molar-refractivity contribution in [2.75, 3.05) is 12.3 Å². The van der Waals surface area contributed by atoms with Gasteiger partial charge in [0.25, 0.3) is 11.6 Å². The highest BCUT2D eigenvalue weighted by Gasteiger charge is 2.18. The Balaban J connectivity index is 1.81. The maximum atomic E-state index is 12.0. The van der Waals surface area contributed by atoms with Crippen LogP contribution in [0.15, 0.2) is 48.5 Å². The molecule has 142 valence electrons. The fourth-order valence-corrected chi connectivity index (χ4v) is 2.46. The Bertz CT molecular complexity index is 823. The van der Waals surface area contributed by atoms with Crippen LogP contribution < -0.4 is 11.1 Å². The molecule has 1 amide bonds. The molecule has 2 aromatic rings. The van der Waals surface area contributed by atoms with Crippen LogP contribution >= 0.6 is 0 Å². The van der Waals surface area contributed by atoms with Gasteiger partial charge in [-0.15, -0.1) is 0 Å². The van der Waals surface area contributed by atoms with Crippen LogP contribution in [-0.2, 0) is 16.0 Å². The largest absolute Gasteiger partial charge is 0.452 e. The zero-order chi connectivity index (χ0) is 19.8. The molecule has 8 nitrogen and oxygen atoms in total. The highest BCUT2D eigenvalue weighted by molar-refractivity contribution is 5.97. The minimum absolute atomic E-state index is 0.0437. The van der Waals surface area contributed by atoms with E-state index in [4.69, 9.17) is 10.5 Å². The van der Waals surface area contributed by atoms with Gasteiger partial charge in [0.1, 0.15) is 0 Å². The third-order valence-electron chi connectivity index (χ3n) is 3.92. The van der Waals surface area contributed by atoms with E-state index in [1.165, 1.54) is 17.7 Å². The normalized spacial score (nSPS) is 11.4. The van der Waals surface area contributed by atoms with Crippen molar-refractivity contribution in [3.05, 3.63) is 69.8 Å². The molecular formula is C19H21N3O5. The monoisotopic (exact) mass is 371 g/mol. The molecule has 0 aliphatic rings. The van der Waals surface area contributed by atoms with E-state index in [1.807, 2.05) is 37.3 Å². The summed E-state index contributed by atoms with van der Waals surface area (Å²) in [6.45, 7) is 1.37. The summed E-state index contributed by atoms with van der Waals surface area (Å²) in [5, 5.41) is 13.5. The molecule has 1 atom stereocenters. The third kappa shape index (κ3) is 6.10. The standard InChI is InChI=1S/C19H21N3O5/c1-13(7-8-14-5-3-2-4-6-14)21-18(23)12-27-19(24)16-11-15(22(25)26)9-10-17(16)20/h2-6,9-11,13H,7-8,12,20H2,1H3,(H,21,23)/t13-/m1/s1. The molecule has 3 N–H and O–H groups in total. The molecule has 8 heteroatoms. The highest BCUT2D eigenvalue weighted by atomic mass is 16.6. The van der Waals surface area contributed by atoms with Crippen molar-refractivity contribution in [2.45, 2.75) is 25.8 Å². The van der Waals surface area contributed by atoms with Gasteiger partial charge in [0.15, 0.2) is 6.61 Å². The zero-order valence-corrected chi connectivity index (χ0v) is 14.9. The first kappa shape index (κ1) is 19.9. The fraction of sp³-hybridized carbons (Fsp3) is 0.263. The maximum Gasteiger partial charge on any atom is 0.341 e. The van der Waals surface area contributed by atoms with Crippen molar-refractivity contribution in [1.29, 1.82) is 0 Å². The Labute approximate surface area is 156 Å². The van der Waals surface area contributed by atoms with E-state index in [-0.39, 0.29) is 23.0 Å². The number of amides is 1. The summed E-state index contributed by atoms with van der Waals surface area (Å²) < 4.78 is 4.92. The van der Waals surface area contributed by atoms with Crippen molar-refractivity contribution in [2.24, 2.45) is 0 Å². The topological polar surface area (TPSA) is 125 Å². The van der Waals surface area contributed by atoms with Crippen LogP contribution in [0.2, 0.25) is 0 Å². The lowest BCUT2D eigenvalue weighted by molar-refractivity contribution is -0.384. The number of hydrogen-bond donors (Lipinski definition) is 2. The molecule has 2 aromatic carbocycles. The number of nitrogens with one attached hydrogen (secondary N) is 1. The lowest BCUT2D eigenvalue weighted by atomic mass is 10.1. The number of nitrogens with two attached hydrogens (primary N) is 1. The lowest BCUT2D eigenvalue weighted by Crippen LogP contribution is -2.36. The van der Waals surface area contributed by atoms with Gasteiger partial charge in [-0.2, -0.15) is 0 Å². The Kier molecular flexibility index (Phi) is 6.87. The smallest absolute Gasteiger partial charge is 0.341 e. The summed E-state index contributed by atoms with van der Waals surface area (Å²) >= 11 is 0. The molecule has 0 spiro atoms. The molecule has 0 heterocycles. The van der Waals surface area contributed by atoms with Crippen LogP contribution in [-0.4, -0.2) is 29.4 Å². The minimum Gasteiger partial charge on any atom is -0.452 e. The lowest BCUT2D eigenvalue weighted by Gasteiger charge is -2.14. The van der Waals surface area contributed by atoms with E-state index < -0.39 is 23.4 Å². The molecule has 0 aliphatic carbocycles. The van der Waals surface area contributed by atoms with E-state index in [9.17, 15) is 19.7 Å². The van der Waals surface area contributed by atoms with Crippen LogP contribution in [0.1, 0.15) is 29.3 Å². The van der Waals surface area contributed by atoms with Gasteiger partial charge in [0.2, 0.25) is 0 Å². The Hall–Kier alpha value is -3.42. The number of nitro groups is 1. The molecule has 0 fully saturated rings. The number of aryl methyl sites for hydroxylation is 1. The molecule has 0 aromatic heterocycles. The molecule has 0 saturated carbocycles. The van der Waals surface area contributed by atoms with Gasteiger partial charge in [0, 0.05) is 23.9 Å². The summed E-state index contributed by atoms with van der Waals surface area (Å²) in [4.78, 5) is 34.1. The number of hydrogen-bond acceptors (Lipinski definition) is 6. The third-order valence-corrected chi connectivity index (χ3v) is 3.92. The molecule has 27 heavy (non-hydrogen) atoms. The van der Waals surface area contributed by atoms with E-state index in [0.29, 0.717) is 0 Å². The first-order valence-corrected chi connectivity index (χ1v) is 8.41. The molecular weight excluding hydrogens is 350 g/mol. The average molecular weight is 371 g/mol. The summed E-state index contributed by atoms with van der Waals surface area (Å²) in [6, 6.07) is 13.2. The first-order valence-electron chi connectivity index (χ1n) is 8.41. The summed E-state index contributed by atoms with van der Waals surface area (Å²) in [5.74, 6) is -1.34. The number of esters is 1. The first-order chi connectivity index (χ1) is 12.9. The second-order valence-electron chi connectivity index (χ2n) is 6.10. The van der Waals surface area contributed by atoms with Gasteiger partial charge in [-0.3, -0.25) is 14.9 Å². The SMILES string of the molecule is C[C@H](CCc1ccccc1)NC(=O)COC(=O)c1cc([N+](=O)[O-])ccc1N. The van der Waals surface area contributed by atoms with Crippen LogP contribution in [0.5, 0.6) is 0 Å². The van der Waals surface area contributed by atoms with Gasteiger partial charge in [-0.25, -0.2) is 4.79 Å². The summed E-state index contributed by atoms with van der Waals surface area (Å²) in [7, 11) is 0. The number of carbonyl (C=O) groups excluding carboxylic acids is 2. The van der Waals surface area contributed by atoms with E-state index in [1.54, 1.807) is 0 Å². The van der Waals surface area contributed by atoms with Crippen LogP contribution in [0.4, 0.5) is 11.4 Å². The van der Waals surface area contributed by atoms with Crippen molar-refractivity contribution in [3.63, 3.8) is 0 Å². The van der Waals surface area contributed by atoms with Gasteiger partial charge >= 0.3 is 5.97 Å². The number of nitrogen functional groups attached to an aromatic ring is 1. The molecule has 0 aliphatic heterocycles. The Morgan fingerprint density at radius 2 is 1.93 bits per heavy atom. The van der Waals surface area contributed by atoms with Crippen LogP contribution in [0.25, 0.3) is 0 Å². The number of benzene rings is 2. The average Bonchev–Trinajstić information content (AvgIpc) is 2.65. The maximum absolute atomic E-state index is 12.0. The Morgan fingerprint density at radius 1 is 1.22 bits per heavy atom. The predicted octanol–water partition coefficient (Wildman–Crippen LogP) is 2.47. The van der Waals surface area contributed by atoms with E-state index in [2.05, 4.69) is 5.32 Å². The Morgan fingerprint density at radius 3 is 2.59 bits per heavy atom. The van der Waals surface area contributed by atoms with Gasteiger partial charge in [0.05, 0.1) is 10.5 Å². The van der Waals surface area contributed by atoms with Crippen molar-refractivity contribution in [3.8, 4) is 0 Å². The van der Waals surface area contributed by atoms with Crippen LogP contribution in [0.3, 0.4) is 0 Å². The van der Waals surface area contributed by atoms with E-state index in [0.717, 1.165) is 18.9 Å². The molecule has 0 saturated heterocycles. The second-order valence-corrected chi connectivity index (χ2v) is 6.10. The highest BCUT2D eigenvalue weighted by Crippen LogP contribution is 2.20. The number of rotatable bonds is 8. The molecule has 0 radical (unpaired) electrons. The zero-order valence-electron chi connectivity index (χ0n) is 14.9. The second kappa shape index (κ2) is 9.33. The number of carbonyl (C=O) groups is 2. The number of non-ortho nitro benzene ring substituents is 1. The minimum atomic E-state index is -0.886. The fourth-order valence-electron chi connectivity index (χ4n) is 2.46. The van der Waals surface area contributed by atoms with Gasteiger partial charge in [-0.05, 0) is 31.4 Å². The summed E-state index contributed by atoms with van der Waals surface area (Å²) in [6.07, 6.45) is 1.55. The molecule has 0 unspecified atom stereocenters. The van der Waals surface area contributed by atoms with Gasteiger partial charge in [-0.1, -0.05) is 30.3 Å². The predicted molar refractivity (Wildman–Crippen MR) is 100 cm³/mol. The number of nitro benzene ring substituents is 1. The molecule has 2 rings (SSSR count). The number of nitrogens with zero attached hydrogens (tertiary/aromatic N) is 1. The van der Waals surface area contributed by atoms with Crippen LogP contribution in [0, 0.1) is 10.1 Å². The van der Waals surface area contributed by atoms with Crippen molar-refractivity contribution in [1.82, 2.24) is 5.32 Å². The van der Waals surface area contributed by atoms with Crippen molar-refractivity contribution >= 4 is 23.3 Å². The summed E-state index contributed by atoms with van der Waals surface area (Å²) in [5.41, 5.74) is 6.44.